The predicted octanol–water partition coefficient (Wildman–Crippen LogP) is 5.31. The van der Waals surface area contributed by atoms with Gasteiger partial charge in [0.25, 0.3) is 5.91 Å². The van der Waals surface area contributed by atoms with E-state index in [1.807, 2.05) is 0 Å². The number of amides is 2. The lowest BCUT2D eigenvalue weighted by Crippen LogP contribution is -2.57. The first kappa shape index (κ1) is 24.5. The molecule has 34 heavy (non-hydrogen) atoms. The number of carbonyl (C=O) groups excluding carboxylic acids is 2. The van der Waals surface area contributed by atoms with Crippen LogP contribution in [0.15, 0.2) is 48.5 Å². The van der Waals surface area contributed by atoms with Crippen molar-refractivity contribution in [2.45, 2.75) is 37.9 Å². The Hall–Kier alpha value is -2.58. The van der Waals surface area contributed by atoms with Crippen molar-refractivity contribution < 1.29 is 22.8 Å². The molecule has 1 heterocycles. The van der Waals surface area contributed by atoms with Crippen molar-refractivity contribution >= 4 is 29.1 Å². The summed E-state index contributed by atoms with van der Waals surface area (Å²) in [7, 11) is 0. The van der Waals surface area contributed by atoms with E-state index in [-0.39, 0.29) is 36.5 Å². The summed E-state index contributed by atoms with van der Waals surface area (Å²) in [6.07, 6.45) is -0.543. The maximum Gasteiger partial charge on any atom is 0.417 e. The molecule has 2 aromatic rings. The quantitative estimate of drug-likeness (QED) is 0.614. The summed E-state index contributed by atoms with van der Waals surface area (Å²) in [5.74, 6) is -0.521. The van der Waals surface area contributed by atoms with Crippen molar-refractivity contribution in [2.24, 2.45) is 5.92 Å². The van der Waals surface area contributed by atoms with Gasteiger partial charge in [0.15, 0.2) is 0 Å². The molecular weight excluding hydrogens is 467 g/mol. The Bertz CT molecular complexity index is 1010. The number of hydrogen-bond donors (Lipinski definition) is 1. The molecule has 182 valence electrons. The normalized spacial score (nSPS) is 18.6. The number of nitrogens with zero attached hydrogens (tertiary/aromatic N) is 2. The van der Waals surface area contributed by atoms with E-state index >= 15 is 0 Å². The van der Waals surface area contributed by atoms with Gasteiger partial charge in [-0.1, -0.05) is 36.6 Å². The van der Waals surface area contributed by atoms with Crippen molar-refractivity contribution in [3.63, 3.8) is 0 Å². The van der Waals surface area contributed by atoms with Gasteiger partial charge in [0, 0.05) is 36.9 Å². The zero-order valence-corrected chi connectivity index (χ0v) is 19.4. The molecule has 0 unspecified atom stereocenters. The molecule has 1 saturated heterocycles. The molecule has 2 aromatic carbocycles. The SMILES string of the molecule is O=C(Nc1ccc(Cl)cc1)[C@@H](C1CCCC1)N1CCN(C(=O)c2ccccc2C(F)(F)F)CC1. The molecule has 1 aliphatic carbocycles. The summed E-state index contributed by atoms with van der Waals surface area (Å²) in [5, 5.41) is 3.56. The topological polar surface area (TPSA) is 52.7 Å². The number of nitrogens with one attached hydrogen (secondary N) is 1. The van der Waals surface area contributed by atoms with Gasteiger partial charge in [-0.05, 0) is 55.2 Å². The zero-order chi connectivity index (χ0) is 24.3. The molecular formula is C25H27ClF3N3O2. The van der Waals surface area contributed by atoms with Crippen LogP contribution in [0, 0.1) is 5.92 Å². The summed E-state index contributed by atoms with van der Waals surface area (Å²) in [5.41, 5.74) is -0.597. The number of halogens is 4. The first-order valence-corrected chi connectivity index (χ1v) is 11.9. The third kappa shape index (κ3) is 5.55. The van der Waals surface area contributed by atoms with Crippen LogP contribution in [-0.2, 0) is 11.0 Å². The van der Waals surface area contributed by atoms with Crippen LogP contribution in [0.1, 0.15) is 41.6 Å². The van der Waals surface area contributed by atoms with Crippen LogP contribution in [-0.4, -0.2) is 53.8 Å². The minimum absolute atomic E-state index is 0.101. The van der Waals surface area contributed by atoms with Gasteiger partial charge in [0.1, 0.15) is 0 Å². The van der Waals surface area contributed by atoms with Gasteiger partial charge in [-0.15, -0.1) is 0 Å². The molecule has 1 aliphatic heterocycles. The molecule has 1 atom stereocenters. The van der Waals surface area contributed by atoms with E-state index in [1.165, 1.54) is 23.1 Å². The van der Waals surface area contributed by atoms with Crippen LogP contribution in [0.25, 0.3) is 0 Å². The van der Waals surface area contributed by atoms with Crippen molar-refractivity contribution in [3.8, 4) is 0 Å². The van der Waals surface area contributed by atoms with Crippen molar-refractivity contribution in [3.05, 3.63) is 64.7 Å². The molecule has 0 radical (unpaired) electrons. The van der Waals surface area contributed by atoms with E-state index in [0.29, 0.717) is 23.8 Å². The third-order valence-corrected chi connectivity index (χ3v) is 6.94. The van der Waals surface area contributed by atoms with E-state index < -0.39 is 17.6 Å². The Morgan fingerprint density at radius 3 is 2.18 bits per heavy atom. The Kier molecular flexibility index (Phi) is 7.48. The van der Waals surface area contributed by atoms with E-state index in [0.717, 1.165) is 31.7 Å². The average molecular weight is 494 g/mol. The lowest BCUT2D eigenvalue weighted by atomic mass is 9.94. The highest BCUT2D eigenvalue weighted by atomic mass is 35.5. The number of anilines is 1. The minimum Gasteiger partial charge on any atom is -0.336 e. The van der Waals surface area contributed by atoms with Crippen LogP contribution in [0.5, 0.6) is 0 Å². The maximum absolute atomic E-state index is 13.4. The van der Waals surface area contributed by atoms with E-state index in [1.54, 1.807) is 24.3 Å². The summed E-state index contributed by atoms with van der Waals surface area (Å²) in [6, 6.07) is 11.5. The monoisotopic (exact) mass is 493 g/mol. The average Bonchev–Trinajstić information content (AvgIpc) is 3.34. The number of piperazine rings is 1. The molecule has 0 aromatic heterocycles. The molecule has 2 fully saturated rings. The van der Waals surface area contributed by atoms with Crippen LogP contribution < -0.4 is 5.32 Å². The molecule has 2 amide bonds. The summed E-state index contributed by atoms with van der Waals surface area (Å²) in [6.45, 7) is 1.38. The molecule has 5 nitrogen and oxygen atoms in total. The van der Waals surface area contributed by atoms with E-state index in [9.17, 15) is 22.8 Å². The van der Waals surface area contributed by atoms with Gasteiger partial charge in [-0.2, -0.15) is 13.2 Å². The van der Waals surface area contributed by atoms with Gasteiger partial charge in [-0.25, -0.2) is 0 Å². The number of alkyl halides is 3. The molecule has 1 saturated carbocycles. The standard InChI is InChI=1S/C25H27ClF3N3O2/c26-18-9-11-19(12-10-18)30-23(33)22(17-5-1-2-6-17)31-13-15-32(16-14-31)24(34)20-7-3-4-8-21(20)25(27,28)29/h3-4,7-12,17,22H,1-2,5-6,13-16H2,(H,30,33)/t22-/m1/s1. The Balaban J connectivity index is 1.45. The number of carbonyl (C=O) groups is 2. The maximum atomic E-state index is 13.4. The number of benzene rings is 2. The summed E-state index contributed by atoms with van der Waals surface area (Å²) < 4.78 is 40.1. The van der Waals surface area contributed by atoms with Crippen molar-refractivity contribution in [2.75, 3.05) is 31.5 Å². The van der Waals surface area contributed by atoms with E-state index in [2.05, 4.69) is 10.2 Å². The molecule has 1 N–H and O–H groups in total. The predicted molar refractivity (Wildman–Crippen MR) is 125 cm³/mol. The van der Waals surface area contributed by atoms with Crippen molar-refractivity contribution in [1.29, 1.82) is 0 Å². The fourth-order valence-electron chi connectivity index (χ4n) is 4.99. The van der Waals surface area contributed by atoms with Gasteiger partial charge < -0.3 is 10.2 Å². The Labute approximate surface area is 201 Å². The molecule has 0 bridgehead atoms. The Morgan fingerprint density at radius 1 is 0.941 bits per heavy atom. The van der Waals surface area contributed by atoms with Gasteiger partial charge >= 0.3 is 6.18 Å². The smallest absolute Gasteiger partial charge is 0.336 e. The molecule has 4 rings (SSSR count). The van der Waals surface area contributed by atoms with Crippen LogP contribution in [0.4, 0.5) is 18.9 Å². The van der Waals surface area contributed by atoms with Gasteiger partial charge in [0.2, 0.25) is 5.91 Å². The molecule has 0 spiro atoms. The highest BCUT2D eigenvalue weighted by Gasteiger charge is 2.39. The second kappa shape index (κ2) is 10.4. The third-order valence-electron chi connectivity index (χ3n) is 6.68. The highest BCUT2D eigenvalue weighted by molar-refractivity contribution is 6.30. The van der Waals surface area contributed by atoms with Crippen LogP contribution >= 0.6 is 11.6 Å². The van der Waals surface area contributed by atoms with Crippen LogP contribution in [0.3, 0.4) is 0 Å². The highest BCUT2D eigenvalue weighted by Crippen LogP contribution is 2.34. The largest absolute Gasteiger partial charge is 0.417 e. The molecule has 9 heteroatoms. The second-order valence-corrected chi connectivity index (χ2v) is 9.29. The lowest BCUT2D eigenvalue weighted by molar-refractivity contribution is -0.138. The summed E-state index contributed by atoms with van der Waals surface area (Å²) in [4.78, 5) is 29.7. The fourth-order valence-corrected chi connectivity index (χ4v) is 5.12. The van der Waals surface area contributed by atoms with Crippen LogP contribution in [0.2, 0.25) is 5.02 Å². The Morgan fingerprint density at radius 2 is 1.56 bits per heavy atom. The van der Waals surface area contributed by atoms with Gasteiger partial charge in [-0.3, -0.25) is 14.5 Å². The van der Waals surface area contributed by atoms with Gasteiger partial charge in [0.05, 0.1) is 17.2 Å². The number of rotatable bonds is 5. The fraction of sp³-hybridized carbons (Fsp3) is 0.440. The minimum atomic E-state index is -4.60. The lowest BCUT2D eigenvalue weighted by Gasteiger charge is -2.41. The first-order valence-electron chi connectivity index (χ1n) is 11.5. The second-order valence-electron chi connectivity index (χ2n) is 8.86. The van der Waals surface area contributed by atoms with Crippen molar-refractivity contribution in [1.82, 2.24) is 9.80 Å². The zero-order valence-electron chi connectivity index (χ0n) is 18.7. The molecule has 2 aliphatic rings. The summed E-state index contributed by atoms with van der Waals surface area (Å²) >= 11 is 5.94. The van der Waals surface area contributed by atoms with E-state index in [4.69, 9.17) is 11.6 Å². The number of hydrogen-bond acceptors (Lipinski definition) is 3. The first-order chi connectivity index (χ1) is 16.2.